The van der Waals surface area contributed by atoms with Crippen molar-refractivity contribution in [1.82, 2.24) is 9.78 Å². The molecule has 0 saturated heterocycles. The second-order valence-corrected chi connectivity index (χ2v) is 5.39. The zero-order valence-electron chi connectivity index (χ0n) is 13.1. The van der Waals surface area contributed by atoms with E-state index in [9.17, 15) is 9.59 Å². The first-order valence-electron chi connectivity index (χ1n) is 7.74. The Labute approximate surface area is 135 Å². The number of carboxylic acid groups (broad SMARTS) is 1. The molecule has 2 N–H and O–H groups in total. The molecule has 0 bridgehead atoms. The first-order chi connectivity index (χ1) is 11.1. The molecule has 0 aliphatic carbocycles. The van der Waals surface area contributed by atoms with E-state index in [1.807, 2.05) is 37.3 Å². The Kier molecular flexibility index (Phi) is 5.91. The number of nitrogens with zero attached hydrogens (tertiary/aromatic N) is 2. The van der Waals surface area contributed by atoms with Crippen molar-refractivity contribution in [1.29, 1.82) is 0 Å². The van der Waals surface area contributed by atoms with Crippen LogP contribution in [0.3, 0.4) is 0 Å². The number of benzene rings is 1. The van der Waals surface area contributed by atoms with Crippen LogP contribution in [0.4, 0.5) is 5.82 Å². The summed E-state index contributed by atoms with van der Waals surface area (Å²) in [6.45, 7) is 1.94. The number of amides is 1. The number of hydrogen-bond donors (Lipinski definition) is 2. The van der Waals surface area contributed by atoms with Crippen molar-refractivity contribution in [2.24, 2.45) is 5.92 Å². The fourth-order valence-electron chi connectivity index (χ4n) is 2.37. The molecule has 23 heavy (non-hydrogen) atoms. The van der Waals surface area contributed by atoms with Crippen LogP contribution in [0, 0.1) is 5.92 Å². The molecule has 1 atom stereocenters. The van der Waals surface area contributed by atoms with Crippen LogP contribution in [0.15, 0.2) is 42.6 Å². The molecule has 1 heterocycles. The van der Waals surface area contributed by atoms with Gasteiger partial charge < -0.3 is 10.4 Å². The van der Waals surface area contributed by atoms with Crippen LogP contribution >= 0.6 is 0 Å². The Morgan fingerprint density at radius 2 is 1.96 bits per heavy atom. The highest BCUT2D eigenvalue weighted by Gasteiger charge is 2.18. The van der Waals surface area contributed by atoms with E-state index in [0.717, 1.165) is 12.1 Å². The minimum Gasteiger partial charge on any atom is -0.481 e. The molecule has 0 aliphatic rings. The highest BCUT2D eigenvalue weighted by atomic mass is 16.4. The standard InChI is InChI=1S/C17H21N3O3/c1-2-6-13(17(22)23)9-10-16(21)18-15-11-12-20(19-15)14-7-4-3-5-8-14/h3-5,7-8,11-13H,2,6,9-10H2,1H3,(H,22,23)(H,18,19,21)/t13-/m1/s1. The number of aromatic nitrogens is 2. The summed E-state index contributed by atoms with van der Waals surface area (Å²) in [7, 11) is 0. The van der Waals surface area contributed by atoms with E-state index in [1.54, 1.807) is 16.9 Å². The monoisotopic (exact) mass is 315 g/mol. The van der Waals surface area contributed by atoms with Crippen molar-refractivity contribution in [2.75, 3.05) is 5.32 Å². The Morgan fingerprint density at radius 3 is 2.61 bits per heavy atom. The minimum atomic E-state index is -0.840. The molecule has 1 aromatic heterocycles. The summed E-state index contributed by atoms with van der Waals surface area (Å²) >= 11 is 0. The first kappa shape index (κ1) is 16.7. The molecule has 6 heteroatoms. The van der Waals surface area contributed by atoms with Gasteiger partial charge in [-0.3, -0.25) is 9.59 Å². The van der Waals surface area contributed by atoms with Crippen molar-refractivity contribution < 1.29 is 14.7 Å². The average molecular weight is 315 g/mol. The van der Waals surface area contributed by atoms with E-state index in [0.29, 0.717) is 18.7 Å². The number of carboxylic acids is 1. The van der Waals surface area contributed by atoms with E-state index in [-0.39, 0.29) is 12.3 Å². The Balaban J connectivity index is 1.88. The third-order valence-electron chi connectivity index (χ3n) is 3.58. The molecule has 0 spiro atoms. The summed E-state index contributed by atoms with van der Waals surface area (Å²) in [4.78, 5) is 23.0. The molecule has 0 saturated carbocycles. The third kappa shape index (κ3) is 4.95. The first-order valence-corrected chi connectivity index (χ1v) is 7.74. The topological polar surface area (TPSA) is 84.2 Å². The maximum Gasteiger partial charge on any atom is 0.306 e. The van der Waals surface area contributed by atoms with Gasteiger partial charge in [0, 0.05) is 18.7 Å². The van der Waals surface area contributed by atoms with Gasteiger partial charge in [0.25, 0.3) is 0 Å². The lowest BCUT2D eigenvalue weighted by molar-refractivity contribution is -0.142. The highest BCUT2D eigenvalue weighted by Crippen LogP contribution is 2.15. The van der Waals surface area contributed by atoms with E-state index >= 15 is 0 Å². The molecule has 0 radical (unpaired) electrons. The quantitative estimate of drug-likeness (QED) is 0.784. The number of para-hydroxylation sites is 1. The number of anilines is 1. The summed E-state index contributed by atoms with van der Waals surface area (Å²) < 4.78 is 1.67. The number of nitrogens with one attached hydrogen (secondary N) is 1. The number of hydrogen-bond acceptors (Lipinski definition) is 3. The van der Waals surface area contributed by atoms with Crippen LogP contribution < -0.4 is 5.32 Å². The number of carbonyl (C=O) groups excluding carboxylic acids is 1. The smallest absolute Gasteiger partial charge is 0.306 e. The third-order valence-corrected chi connectivity index (χ3v) is 3.58. The van der Waals surface area contributed by atoms with E-state index in [1.165, 1.54) is 0 Å². The largest absolute Gasteiger partial charge is 0.481 e. The molecule has 1 aromatic carbocycles. The summed E-state index contributed by atoms with van der Waals surface area (Å²) in [5.41, 5.74) is 0.905. The lowest BCUT2D eigenvalue weighted by Crippen LogP contribution is -2.18. The highest BCUT2D eigenvalue weighted by molar-refractivity contribution is 5.90. The van der Waals surface area contributed by atoms with Crippen molar-refractivity contribution in [3.05, 3.63) is 42.6 Å². The molecule has 0 fully saturated rings. The zero-order chi connectivity index (χ0) is 16.7. The molecule has 0 unspecified atom stereocenters. The summed E-state index contributed by atoms with van der Waals surface area (Å²) in [6, 6.07) is 11.3. The maximum atomic E-state index is 11.9. The molecule has 0 aliphatic heterocycles. The average Bonchev–Trinajstić information content (AvgIpc) is 3.00. The van der Waals surface area contributed by atoms with Gasteiger partial charge >= 0.3 is 5.97 Å². The van der Waals surface area contributed by atoms with Crippen molar-refractivity contribution in [2.45, 2.75) is 32.6 Å². The molecule has 122 valence electrons. The summed E-state index contributed by atoms with van der Waals surface area (Å²) in [6.07, 6.45) is 3.66. The summed E-state index contributed by atoms with van der Waals surface area (Å²) in [5.74, 6) is -1.06. The normalized spacial score (nSPS) is 11.9. The van der Waals surface area contributed by atoms with Gasteiger partial charge in [-0.1, -0.05) is 31.5 Å². The van der Waals surface area contributed by atoms with Gasteiger partial charge in [-0.25, -0.2) is 4.68 Å². The van der Waals surface area contributed by atoms with Crippen molar-refractivity contribution >= 4 is 17.7 Å². The van der Waals surface area contributed by atoms with E-state index < -0.39 is 11.9 Å². The van der Waals surface area contributed by atoms with Gasteiger partial charge in [0.2, 0.25) is 5.91 Å². The lowest BCUT2D eigenvalue weighted by atomic mass is 9.98. The second kappa shape index (κ2) is 8.12. The second-order valence-electron chi connectivity index (χ2n) is 5.39. The SMILES string of the molecule is CCC[C@H](CCC(=O)Nc1ccn(-c2ccccc2)n1)C(=O)O. The zero-order valence-corrected chi connectivity index (χ0v) is 13.1. The van der Waals surface area contributed by atoms with Crippen LogP contribution in [0.2, 0.25) is 0 Å². The van der Waals surface area contributed by atoms with Crippen LogP contribution in [-0.4, -0.2) is 26.8 Å². The van der Waals surface area contributed by atoms with Crippen LogP contribution in [0.1, 0.15) is 32.6 Å². The molecule has 2 rings (SSSR count). The lowest BCUT2D eigenvalue weighted by Gasteiger charge is -2.10. The Hall–Kier alpha value is -2.63. The predicted octanol–water partition coefficient (Wildman–Crippen LogP) is 3.09. The van der Waals surface area contributed by atoms with E-state index in [2.05, 4.69) is 10.4 Å². The Morgan fingerprint density at radius 1 is 1.22 bits per heavy atom. The van der Waals surface area contributed by atoms with Crippen LogP contribution in [0.25, 0.3) is 5.69 Å². The van der Waals surface area contributed by atoms with Gasteiger partial charge in [0.1, 0.15) is 0 Å². The van der Waals surface area contributed by atoms with Crippen LogP contribution in [0.5, 0.6) is 0 Å². The molecule has 2 aromatic rings. The number of rotatable bonds is 8. The van der Waals surface area contributed by atoms with Gasteiger partial charge in [0.15, 0.2) is 5.82 Å². The van der Waals surface area contributed by atoms with Gasteiger partial charge in [0.05, 0.1) is 11.6 Å². The molecule has 1 amide bonds. The minimum absolute atomic E-state index is 0.176. The maximum absolute atomic E-state index is 11.9. The molecular formula is C17H21N3O3. The van der Waals surface area contributed by atoms with Crippen molar-refractivity contribution in [3.63, 3.8) is 0 Å². The van der Waals surface area contributed by atoms with Gasteiger partial charge in [-0.15, -0.1) is 0 Å². The van der Waals surface area contributed by atoms with Crippen molar-refractivity contribution in [3.8, 4) is 5.69 Å². The fraction of sp³-hybridized carbons (Fsp3) is 0.353. The molecular weight excluding hydrogens is 294 g/mol. The number of aliphatic carboxylic acids is 1. The van der Waals surface area contributed by atoms with Crippen LogP contribution in [-0.2, 0) is 9.59 Å². The number of carbonyl (C=O) groups is 2. The summed E-state index contributed by atoms with van der Waals surface area (Å²) in [5, 5.41) is 16.1. The predicted molar refractivity (Wildman–Crippen MR) is 87.5 cm³/mol. The van der Waals surface area contributed by atoms with Gasteiger partial charge in [-0.2, -0.15) is 5.10 Å². The van der Waals surface area contributed by atoms with Gasteiger partial charge in [-0.05, 0) is 25.0 Å². The molecule has 6 nitrogen and oxygen atoms in total. The fourth-order valence-corrected chi connectivity index (χ4v) is 2.37. The van der Waals surface area contributed by atoms with E-state index in [4.69, 9.17) is 5.11 Å². The Bertz CT molecular complexity index is 652.